The summed E-state index contributed by atoms with van der Waals surface area (Å²) in [4.78, 5) is 12.3. The lowest BCUT2D eigenvalue weighted by molar-refractivity contribution is 0.102. The molecule has 0 aliphatic heterocycles. The van der Waals surface area contributed by atoms with Gasteiger partial charge < -0.3 is 10.1 Å². The van der Waals surface area contributed by atoms with Gasteiger partial charge in [-0.15, -0.1) is 0 Å². The Morgan fingerprint density at radius 2 is 1.77 bits per heavy atom. The summed E-state index contributed by atoms with van der Waals surface area (Å²) >= 11 is 6.10. The number of ether oxygens (including phenoxy) is 1. The van der Waals surface area contributed by atoms with Gasteiger partial charge in [0.15, 0.2) is 0 Å². The third kappa shape index (κ3) is 4.72. The van der Waals surface area contributed by atoms with Gasteiger partial charge in [0.05, 0.1) is 17.8 Å². The quantitative estimate of drug-likeness (QED) is 0.564. The highest BCUT2D eigenvalue weighted by Gasteiger charge is 2.22. The largest absolute Gasteiger partial charge is 0.495 e. The molecule has 0 unspecified atom stereocenters. The molecule has 3 aromatic rings. The van der Waals surface area contributed by atoms with Crippen LogP contribution in [-0.2, 0) is 10.0 Å². The molecule has 9 heteroatoms. The Bertz CT molecular complexity index is 1220. The Balaban J connectivity index is 1.92. The number of carbonyl (C=O) groups is 1. The fourth-order valence-corrected chi connectivity index (χ4v) is 4.30. The second kappa shape index (κ2) is 8.73. The number of carbonyl (C=O) groups excluding carboxylic acids is 1. The van der Waals surface area contributed by atoms with Crippen LogP contribution in [0.3, 0.4) is 0 Å². The molecule has 0 fully saturated rings. The molecule has 30 heavy (non-hydrogen) atoms. The Morgan fingerprint density at radius 1 is 1.03 bits per heavy atom. The van der Waals surface area contributed by atoms with E-state index in [-0.39, 0.29) is 26.9 Å². The lowest BCUT2D eigenvalue weighted by Crippen LogP contribution is -2.17. The van der Waals surface area contributed by atoms with E-state index >= 15 is 0 Å². The number of hydrogen-bond donors (Lipinski definition) is 2. The van der Waals surface area contributed by atoms with Gasteiger partial charge in [-0.05, 0) is 55.0 Å². The third-order valence-electron chi connectivity index (χ3n) is 4.28. The first kappa shape index (κ1) is 21.6. The first-order valence-electron chi connectivity index (χ1n) is 8.74. The van der Waals surface area contributed by atoms with Crippen LogP contribution >= 0.6 is 11.6 Å². The lowest BCUT2D eigenvalue weighted by Gasteiger charge is -2.14. The van der Waals surface area contributed by atoms with E-state index in [4.69, 9.17) is 16.3 Å². The molecule has 1 amide bonds. The first-order chi connectivity index (χ1) is 14.2. The molecule has 3 rings (SSSR count). The smallest absolute Gasteiger partial charge is 0.263 e. The molecule has 0 heterocycles. The maximum atomic E-state index is 13.5. The summed E-state index contributed by atoms with van der Waals surface area (Å²) in [6, 6.07) is 14.3. The van der Waals surface area contributed by atoms with E-state index in [9.17, 15) is 17.6 Å². The van der Waals surface area contributed by atoms with Crippen LogP contribution in [0.5, 0.6) is 5.75 Å². The van der Waals surface area contributed by atoms with E-state index < -0.39 is 21.7 Å². The van der Waals surface area contributed by atoms with Crippen molar-refractivity contribution in [1.29, 1.82) is 0 Å². The predicted octanol–water partition coefficient (Wildman–Crippen LogP) is 4.85. The number of methoxy groups -OCH3 is 1. The van der Waals surface area contributed by atoms with Crippen LogP contribution in [0.25, 0.3) is 0 Å². The van der Waals surface area contributed by atoms with E-state index in [1.807, 2.05) is 0 Å². The number of halogens is 2. The van der Waals surface area contributed by atoms with Crippen LogP contribution in [0.2, 0.25) is 5.02 Å². The zero-order chi connectivity index (χ0) is 21.9. The minimum Gasteiger partial charge on any atom is -0.495 e. The van der Waals surface area contributed by atoms with Gasteiger partial charge in [0.1, 0.15) is 16.5 Å². The maximum absolute atomic E-state index is 13.5. The molecule has 156 valence electrons. The summed E-state index contributed by atoms with van der Waals surface area (Å²) in [7, 11) is -2.71. The van der Waals surface area contributed by atoms with Crippen LogP contribution in [0.15, 0.2) is 65.6 Å². The van der Waals surface area contributed by atoms with E-state index in [1.54, 1.807) is 25.1 Å². The van der Waals surface area contributed by atoms with E-state index in [0.717, 1.165) is 6.07 Å². The van der Waals surface area contributed by atoms with Crippen LogP contribution in [0.1, 0.15) is 15.9 Å². The van der Waals surface area contributed by atoms with Crippen molar-refractivity contribution in [1.82, 2.24) is 0 Å². The van der Waals surface area contributed by atoms with Gasteiger partial charge in [-0.1, -0.05) is 29.8 Å². The summed E-state index contributed by atoms with van der Waals surface area (Å²) in [5.41, 5.74) is 1.21. The maximum Gasteiger partial charge on any atom is 0.263 e. The number of aryl methyl sites for hydroxylation is 1. The van der Waals surface area contributed by atoms with Crippen LogP contribution in [-0.4, -0.2) is 21.4 Å². The van der Waals surface area contributed by atoms with Gasteiger partial charge in [0.2, 0.25) is 0 Å². The molecule has 0 saturated carbocycles. The van der Waals surface area contributed by atoms with Gasteiger partial charge in [-0.2, -0.15) is 0 Å². The normalized spacial score (nSPS) is 11.1. The Labute approximate surface area is 178 Å². The van der Waals surface area contributed by atoms with Gasteiger partial charge >= 0.3 is 0 Å². The molecular weight excluding hydrogens is 431 g/mol. The van der Waals surface area contributed by atoms with Crippen LogP contribution < -0.4 is 14.8 Å². The minimum atomic E-state index is -4.12. The minimum absolute atomic E-state index is 0.0449. The number of sulfonamides is 1. The molecule has 0 aliphatic carbocycles. The Morgan fingerprint density at radius 3 is 2.50 bits per heavy atom. The second-order valence-electron chi connectivity index (χ2n) is 6.36. The second-order valence-corrected chi connectivity index (χ2v) is 8.42. The van der Waals surface area contributed by atoms with Crippen molar-refractivity contribution in [3.63, 3.8) is 0 Å². The molecule has 2 N–H and O–H groups in total. The van der Waals surface area contributed by atoms with Crippen molar-refractivity contribution in [3.8, 4) is 5.75 Å². The van der Waals surface area contributed by atoms with Crippen molar-refractivity contribution in [3.05, 3.63) is 82.6 Å². The number of anilines is 2. The number of nitrogens with one attached hydrogen (secondary N) is 2. The number of amides is 1. The monoisotopic (exact) mass is 448 g/mol. The van der Waals surface area contributed by atoms with Gasteiger partial charge in [-0.25, -0.2) is 12.8 Å². The number of rotatable bonds is 6. The Kier molecular flexibility index (Phi) is 6.28. The average molecular weight is 449 g/mol. The topological polar surface area (TPSA) is 84.5 Å². The average Bonchev–Trinajstić information content (AvgIpc) is 2.71. The zero-order valence-electron chi connectivity index (χ0n) is 16.1. The molecule has 0 spiro atoms. The summed E-state index contributed by atoms with van der Waals surface area (Å²) < 4.78 is 46.8. The summed E-state index contributed by atoms with van der Waals surface area (Å²) in [5.74, 6) is -0.780. The molecule has 0 bridgehead atoms. The van der Waals surface area contributed by atoms with Crippen molar-refractivity contribution < 1.29 is 22.3 Å². The van der Waals surface area contributed by atoms with E-state index in [0.29, 0.717) is 11.3 Å². The number of hydrogen-bond acceptors (Lipinski definition) is 4. The van der Waals surface area contributed by atoms with E-state index in [2.05, 4.69) is 10.0 Å². The van der Waals surface area contributed by atoms with Gasteiger partial charge in [0.25, 0.3) is 15.9 Å². The highest BCUT2D eigenvalue weighted by atomic mass is 35.5. The molecular formula is C21H18ClFN2O4S. The van der Waals surface area contributed by atoms with Crippen LogP contribution in [0, 0.1) is 12.7 Å². The molecule has 3 aromatic carbocycles. The Hall–Kier alpha value is -3.10. The highest BCUT2D eigenvalue weighted by molar-refractivity contribution is 7.92. The first-order valence-corrected chi connectivity index (χ1v) is 10.6. The number of benzene rings is 3. The summed E-state index contributed by atoms with van der Waals surface area (Å²) in [5, 5.41) is 2.52. The van der Waals surface area contributed by atoms with Crippen molar-refractivity contribution in [2.24, 2.45) is 0 Å². The molecule has 0 aromatic heterocycles. The predicted molar refractivity (Wildman–Crippen MR) is 114 cm³/mol. The van der Waals surface area contributed by atoms with Crippen molar-refractivity contribution in [2.45, 2.75) is 11.8 Å². The molecule has 0 aliphatic rings. The standard InChI is InChI=1S/C21H18ClFN2O4S/c1-13-7-9-15(23)12-18(13)24-21(26)14-8-10-16(22)20(11-14)30(27,28)25-17-5-3-4-6-19(17)29-2/h3-12,25H,1-2H3,(H,24,26). The molecule has 0 saturated heterocycles. The summed E-state index contributed by atoms with van der Waals surface area (Å²) in [6.45, 7) is 1.71. The fourth-order valence-electron chi connectivity index (χ4n) is 2.70. The highest BCUT2D eigenvalue weighted by Crippen LogP contribution is 2.29. The molecule has 0 radical (unpaired) electrons. The summed E-state index contributed by atoms with van der Waals surface area (Å²) in [6.07, 6.45) is 0. The van der Waals surface area contributed by atoms with Crippen LogP contribution in [0.4, 0.5) is 15.8 Å². The fraction of sp³-hybridized carbons (Fsp3) is 0.0952. The third-order valence-corrected chi connectivity index (χ3v) is 6.13. The number of para-hydroxylation sites is 2. The van der Waals surface area contributed by atoms with Gasteiger partial charge in [0, 0.05) is 11.3 Å². The SMILES string of the molecule is COc1ccccc1NS(=O)(=O)c1cc(C(=O)Nc2cc(F)ccc2C)ccc1Cl. The molecule has 0 atom stereocenters. The zero-order valence-corrected chi connectivity index (χ0v) is 17.6. The van der Waals surface area contributed by atoms with E-state index in [1.165, 1.54) is 43.5 Å². The molecule has 6 nitrogen and oxygen atoms in total. The van der Waals surface area contributed by atoms with Crippen molar-refractivity contribution in [2.75, 3.05) is 17.1 Å². The van der Waals surface area contributed by atoms with Crippen molar-refractivity contribution >= 4 is 38.9 Å². The lowest BCUT2D eigenvalue weighted by atomic mass is 10.1. The van der Waals surface area contributed by atoms with Gasteiger partial charge in [-0.3, -0.25) is 9.52 Å².